The molecular formula is C18H27N3O2. The van der Waals surface area contributed by atoms with Crippen molar-refractivity contribution in [1.82, 2.24) is 5.32 Å². The summed E-state index contributed by atoms with van der Waals surface area (Å²) in [5.74, 6) is 0. The first-order valence-electron chi connectivity index (χ1n) is 8.56. The summed E-state index contributed by atoms with van der Waals surface area (Å²) in [7, 11) is 3.84. The minimum atomic E-state index is -0.187. The number of fused-ring (bicyclic) bond motifs is 1. The number of hydrogen-bond donors (Lipinski definition) is 2. The van der Waals surface area contributed by atoms with Gasteiger partial charge in [-0.25, -0.2) is 4.79 Å². The standard InChI is InChI=1S/C18H27N3O2/c1-21-11-8-14-6-7-15(12-16(14)21)20-17(22)19-13-18(23-2)9-4-3-5-10-18/h6-7,12H,3-5,8-11,13H2,1-2H3,(H2,19,20,22). The Balaban J connectivity index is 1.56. The number of anilines is 2. The monoisotopic (exact) mass is 317 g/mol. The lowest BCUT2D eigenvalue weighted by Gasteiger charge is -2.36. The second kappa shape index (κ2) is 6.79. The second-order valence-electron chi connectivity index (χ2n) is 6.77. The quantitative estimate of drug-likeness (QED) is 0.897. The van der Waals surface area contributed by atoms with Crippen LogP contribution in [-0.4, -0.2) is 38.9 Å². The van der Waals surface area contributed by atoms with Gasteiger partial charge in [-0.2, -0.15) is 0 Å². The summed E-state index contributed by atoms with van der Waals surface area (Å²) in [4.78, 5) is 14.4. The molecule has 5 heteroatoms. The van der Waals surface area contributed by atoms with E-state index in [0.717, 1.165) is 31.5 Å². The SMILES string of the molecule is COC1(CNC(=O)Nc2ccc3c(c2)N(C)CC3)CCCCC1. The highest BCUT2D eigenvalue weighted by Crippen LogP contribution is 2.31. The molecule has 0 aromatic heterocycles. The van der Waals surface area contributed by atoms with Crippen molar-refractivity contribution in [1.29, 1.82) is 0 Å². The number of carbonyl (C=O) groups is 1. The number of likely N-dealkylation sites (N-methyl/N-ethyl adjacent to an activating group) is 1. The van der Waals surface area contributed by atoms with E-state index >= 15 is 0 Å². The lowest BCUT2D eigenvalue weighted by Crippen LogP contribution is -2.46. The van der Waals surface area contributed by atoms with Gasteiger partial charge in [0, 0.05) is 38.6 Å². The van der Waals surface area contributed by atoms with Gasteiger partial charge in [0.1, 0.15) is 0 Å². The molecule has 1 aromatic carbocycles. The van der Waals surface area contributed by atoms with Crippen LogP contribution in [0.4, 0.5) is 16.2 Å². The average molecular weight is 317 g/mol. The van der Waals surface area contributed by atoms with Crippen LogP contribution in [0.2, 0.25) is 0 Å². The van der Waals surface area contributed by atoms with Gasteiger partial charge in [-0.1, -0.05) is 25.3 Å². The van der Waals surface area contributed by atoms with Crippen molar-refractivity contribution < 1.29 is 9.53 Å². The van der Waals surface area contributed by atoms with Crippen molar-refractivity contribution in [2.45, 2.75) is 44.1 Å². The molecule has 0 atom stereocenters. The van der Waals surface area contributed by atoms with Gasteiger partial charge in [0.25, 0.3) is 0 Å². The predicted octanol–water partition coefficient (Wildman–Crippen LogP) is 3.15. The van der Waals surface area contributed by atoms with Crippen molar-refractivity contribution in [3.63, 3.8) is 0 Å². The summed E-state index contributed by atoms with van der Waals surface area (Å²) in [6, 6.07) is 5.97. The molecule has 2 amide bonds. The summed E-state index contributed by atoms with van der Waals surface area (Å²) in [5.41, 5.74) is 3.21. The molecule has 126 valence electrons. The second-order valence-corrected chi connectivity index (χ2v) is 6.77. The molecule has 1 aromatic rings. The van der Waals surface area contributed by atoms with Crippen LogP contribution >= 0.6 is 0 Å². The summed E-state index contributed by atoms with van der Waals surface area (Å²) in [5, 5.41) is 5.92. The maximum Gasteiger partial charge on any atom is 0.319 e. The molecule has 23 heavy (non-hydrogen) atoms. The van der Waals surface area contributed by atoms with Crippen molar-refractivity contribution in [2.75, 3.05) is 37.5 Å². The van der Waals surface area contributed by atoms with Crippen LogP contribution in [0.5, 0.6) is 0 Å². The minimum Gasteiger partial charge on any atom is -0.376 e. The van der Waals surface area contributed by atoms with Gasteiger partial charge < -0.3 is 20.3 Å². The highest BCUT2D eigenvalue weighted by molar-refractivity contribution is 5.90. The van der Waals surface area contributed by atoms with Crippen LogP contribution in [0.25, 0.3) is 0 Å². The molecule has 0 saturated heterocycles. The van der Waals surface area contributed by atoms with E-state index in [4.69, 9.17) is 4.74 Å². The summed E-state index contributed by atoms with van der Waals surface area (Å²) in [6.45, 7) is 1.61. The first-order valence-corrected chi connectivity index (χ1v) is 8.56. The number of benzene rings is 1. The topological polar surface area (TPSA) is 53.6 Å². The van der Waals surface area contributed by atoms with Gasteiger partial charge >= 0.3 is 6.03 Å². The lowest BCUT2D eigenvalue weighted by molar-refractivity contribution is -0.0353. The molecule has 1 fully saturated rings. The zero-order valence-electron chi connectivity index (χ0n) is 14.2. The molecule has 1 aliphatic carbocycles. The van der Waals surface area contributed by atoms with Crippen LogP contribution in [0, 0.1) is 0 Å². The number of ether oxygens (including phenoxy) is 1. The van der Waals surface area contributed by atoms with E-state index in [0.29, 0.717) is 6.54 Å². The van der Waals surface area contributed by atoms with Gasteiger partial charge in [0.2, 0.25) is 0 Å². The number of hydrogen-bond acceptors (Lipinski definition) is 3. The van der Waals surface area contributed by atoms with Gasteiger partial charge in [0.15, 0.2) is 0 Å². The minimum absolute atomic E-state index is 0.160. The number of nitrogens with zero attached hydrogens (tertiary/aromatic N) is 1. The summed E-state index contributed by atoms with van der Waals surface area (Å²) in [6.07, 6.45) is 6.73. The first-order chi connectivity index (χ1) is 11.1. The molecule has 2 N–H and O–H groups in total. The van der Waals surface area contributed by atoms with E-state index in [9.17, 15) is 4.79 Å². The Bertz CT molecular complexity index is 567. The Morgan fingerprint density at radius 2 is 2.09 bits per heavy atom. The highest BCUT2D eigenvalue weighted by atomic mass is 16.5. The number of rotatable bonds is 4. The van der Waals surface area contributed by atoms with Crippen LogP contribution < -0.4 is 15.5 Å². The van der Waals surface area contributed by atoms with Gasteiger partial charge in [0.05, 0.1) is 5.60 Å². The Morgan fingerprint density at radius 3 is 2.83 bits per heavy atom. The molecule has 5 nitrogen and oxygen atoms in total. The Labute approximate surface area is 138 Å². The van der Waals surface area contributed by atoms with Crippen LogP contribution in [-0.2, 0) is 11.2 Å². The summed E-state index contributed by atoms with van der Waals surface area (Å²) >= 11 is 0. The van der Waals surface area contributed by atoms with E-state index in [1.54, 1.807) is 7.11 Å². The molecule has 0 unspecified atom stereocenters. The van der Waals surface area contributed by atoms with E-state index in [1.165, 1.54) is 30.5 Å². The van der Waals surface area contributed by atoms with E-state index in [2.05, 4.69) is 34.7 Å². The van der Waals surface area contributed by atoms with E-state index in [-0.39, 0.29) is 11.6 Å². The van der Waals surface area contributed by atoms with E-state index in [1.807, 2.05) is 6.07 Å². The number of carbonyl (C=O) groups excluding carboxylic acids is 1. The Morgan fingerprint density at radius 1 is 1.30 bits per heavy atom. The van der Waals surface area contributed by atoms with Gasteiger partial charge in [-0.05, 0) is 37.0 Å². The molecule has 0 spiro atoms. The maximum absolute atomic E-state index is 12.2. The smallest absolute Gasteiger partial charge is 0.319 e. The normalized spacial score (nSPS) is 19.3. The van der Waals surface area contributed by atoms with E-state index < -0.39 is 0 Å². The van der Waals surface area contributed by atoms with Crippen molar-refractivity contribution in [3.8, 4) is 0 Å². The number of methoxy groups -OCH3 is 1. The number of urea groups is 1. The Hall–Kier alpha value is -1.75. The van der Waals surface area contributed by atoms with Crippen molar-refractivity contribution >= 4 is 17.4 Å². The van der Waals surface area contributed by atoms with Crippen molar-refractivity contribution in [3.05, 3.63) is 23.8 Å². The molecule has 3 rings (SSSR count). The molecule has 1 saturated carbocycles. The lowest BCUT2D eigenvalue weighted by atomic mass is 9.84. The summed E-state index contributed by atoms with van der Waals surface area (Å²) < 4.78 is 5.70. The highest BCUT2D eigenvalue weighted by Gasteiger charge is 2.32. The Kier molecular flexibility index (Phi) is 4.76. The fourth-order valence-corrected chi connectivity index (χ4v) is 3.68. The zero-order valence-corrected chi connectivity index (χ0v) is 14.2. The fraction of sp³-hybridized carbons (Fsp3) is 0.611. The van der Waals surface area contributed by atoms with Gasteiger partial charge in [-0.15, -0.1) is 0 Å². The zero-order chi connectivity index (χ0) is 16.3. The number of amides is 2. The predicted molar refractivity (Wildman–Crippen MR) is 93.3 cm³/mol. The van der Waals surface area contributed by atoms with Crippen LogP contribution in [0.1, 0.15) is 37.7 Å². The fourth-order valence-electron chi connectivity index (χ4n) is 3.68. The molecule has 1 heterocycles. The first kappa shape index (κ1) is 16.1. The largest absolute Gasteiger partial charge is 0.376 e. The molecule has 0 bridgehead atoms. The third kappa shape index (κ3) is 3.61. The van der Waals surface area contributed by atoms with Crippen molar-refractivity contribution in [2.24, 2.45) is 0 Å². The van der Waals surface area contributed by atoms with Crippen LogP contribution in [0.3, 0.4) is 0 Å². The molecule has 0 radical (unpaired) electrons. The molecule has 1 aliphatic heterocycles. The average Bonchev–Trinajstić information content (AvgIpc) is 2.95. The third-order valence-electron chi connectivity index (χ3n) is 5.24. The van der Waals surface area contributed by atoms with Crippen LogP contribution in [0.15, 0.2) is 18.2 Å². The number of nitrogens with one attached hydrogen (secondary N) is 2. The third-order valence-corrected chi connectivity index (χ3v) is 5.24. The molecule has 2 aliphatic rings. The maximum atomic E-state index is 12.2. The van der Waals surface area contributed by atoms with Gasteiger partial charge in [-0.3, -0.25) is 0 Å². The molecular weight excluding hydrogens is 290 g/mol.